The van der Waals surface area contributed by atoms with Crippen LogP contribution in [0, 0.1) is 5.92 Å². The Hall–Kier alpha value is -2.65. The number of pyridine rings is 1. The van der Waals surface area contributed by atoms with Gasteiger partial charge in [0.25, 0.3) is 5.91 Å². The number of aromatic nitrogens is 1. The van der Waals surface area contributed by atoms with Gasteiger partial charge in [-0.05, 0) is 31.0 Å². The van der Waals surface area contributed by atoms with E-state index in [0.717, 1.165) is 0 Å². The van der Waals surface area contributed by atoms with E-state index in [-0.39, 0.29) is 17.6 Å². The van der Waals surface area contributed by atoms with Crippen molar-refractivity contribution in [3.63, 3.8) is 0 Å². The van der Waals surface area contributed by atoms with E-state index in [4.69, 9.17) is 13.9 Å². The van der Waals surface area contributed by atoms with Crippen molar-refractivity contribution in [1.82, 2.24) is 10.3 Å². The molecule has 0 bridgehead atoms. The number of methoxy groups -OCH3 is 1. The number of aliphatic imine (C=N–C) groups is 1. The summed E-state index contributed by atoms with van der Waals surface area (Å²) in [4.78, 5) is 34.3. The van der Waals surface area contributed by atoms with E-state index >= 15 is 0 Å². The number of ether oxygens (including phenoxy) is 2. The van der Waals surface area contributed by atoms with Crippen LogP contribution in [0.4, 0.5) is 0 Å². The third-order valence-electron chi connectivity index (χ3n) is 4.95. The Labute approximate surface area is 172 Å². The molecule has 2 aliphatic heterocycles. The highest BCUT2D eigenvalue weighted by molar-refractivity contribution is 8.15. The number of Topliss-reactive ketones (excluding diaryl/α,β-unsaturated/α-hetero) is 1. The Kier molecular flexibility index (Phi) is 5.96. The number of furan rings is 1. The highest BCUT2D eigenvalue weighted by Gasteiger charge is 2.41. The SMILES string of the molecule is COc1ccc(C(=O)NC2=NC(c3ccco3)C(C(=O)C3CCOCC3)S2)cn1. The van der Waals surface area contributed by atoms with Gasteiger partial charge in [-0.3, -0.25) is 9.59 Å². The largest absolute Gasteiger partial charge is 0.481 e. The maximum absolute atomic E-state index is 13.1. The first-order valence-electron chi connectivity index (χ1n) is 9.36. The van der Waals surface area contributed by atoms with E-state index < -0.39 is 11.3 Å². The lowest BCUT2D eigenvalue weighted by Crippen LogP contribution is -2.33. The van der Waals surface area contributed by atoms with Crippen LogP contribution in [0.3, 0.4) is 0 Å². The Morgan fingerprint density at radius 3 is 2.72 bits per heavy atom. The normalized spacial score (nSPS) is 22.2. The average Bonchev–Trinajstić information content (AvgIpc) is 3.44. The number of rotatable bonds is 5. The predicted octanol–water partition coefficient (Wildman–Crippen LogP) is 2.62. The van der Waals surface area contributed by atoms with Crippen molar-refractivity contribution in [2.24, 2.45) is 10.9 Å². The molecule has 29 heavy (non-hydrogen) atoms. The molecule has 2 aliphatic rings. The predicted molar refractivity (Wildman–Crippen MR) is 107 cm³/mol. The van der Waals surface area contributed by atoms with Gasteiger partial charge >= 0.3 is 0 Å². The Bertz CT molecular complexity index is 891. The van der Waals surface area contributed by atoms with E-state index in [2.05, 4.69) is 15.3 Å². The fraction of sp³-hybridized carbons (Fsp3) is 0.400. The van der Waals surface area contributed by atoms with Crippen molar-refractivity contribution in [2.45, 2.75) is 24.1 Å². The summed E-state index contributed by atoms with van der Waals surface area (Å²) in [5.74, 6) is 0.754. The second kappa shape index (κ2) is 8.79. The molecule has 1 fully saturated rings. The number of carbonyl (C=O) groups is 2. The minimum Gasteiger partial charge on any atom is -0.481 e. The standard InChI is InChI=1S/C20H21N3O5S/c1-26-15-5-4-13(11-21-15)19(25)23-20-22-16(14-3-2-8-28-14)18(29-20)17(24)12-6-9-27-10-7-12/h2-5,8,11-12,16,18H,6-7,9-10H2,1H3,(H,22,23,25). The van der Waals surface area contributed by atoms with Gasteiger partial charge < -0.3 is 19.2 Å². The van der Waals surface area contributed by atoms with Crippen LogP contribution in [-0.2, 0) is 9.53 Å². The molecule has 4 heterocycles. The zero-order valence-corrected chi connectivity index (χ0v) is 16.7. The molecule has 1 N–H and O–H groups in total. The highest BCUT2D eigenvalue weighted by atomic mass is 32.2. The summed E-state index contributed by atoms with van der Waals surface area (Å²) < 4.78 is 15.9. The molecular weight excluding hydrogens is 394 g/mol. The van der Waals surface area contributed by atoms with Crippen molar-refractivity contribution >= 4 is 28.6 Å². The van der Waals surface area contributed by atoms with Gasteiger partial charge in [0.1, 0.15) is 17.1 Å². The molecule has 0 radical (unpaired) electrons. The number of thioether (sulfide) groups is 1. The molecule has 4 rings (SSSR count). The van der Waals surface area contributed by atoms with Crippen LogP contribution in [0.15, 0.2) is 46.1 Å². The summed E-state index contributed by atoms with van der Waals surface area (Å²) in [5, 5.41) is 2.75. The van der Waals surface area contributed by atoms with Crippen molar-refractivity contribution in [1.29, 1.82) is 0 Å². The summed E-state index contributed by atoms with van der Waals surface area (Å²) in [5.41, 5.74) is 0.378. The number of carbonyl (C=O) groups excluding carboxylic acids is 2. The van der Waals surface area contributed by atoms with Gasteiger partial charge in [0.15, 0.2) is 11.0 Å². The third-order valence-corrected chi connectivity index (χ3v) is 6.12. The number of ketones is 1. The van der Waals surface area contributed by atoms with Gasteiger partial charge in [-0.25, -0.2) is 9.98 Å². The van der Waals surface area contributed by atoms with Crippen LogP contribution >= 0.6 is 11.8 Å². The quantitative estimate of drug-likeness (QED) is 0.801. The van der Waals surface area contributed by atoms with Crippen LogP contribution in [0.25, 0.3) is 0 Å². The van der Waals surface area contributed by atoms with Crippen molar-refractivity contribution in [2.75, 3.05) is 20.3 Å². The molecule has 0 spiro atoms. The molecule has 1 saturated heterocycles. The summed E-state index contributed by atoms with van der Waals surface area (Å²) in [7, 11) is 1.51. The third kappa shape index (κ3) is 4.35. The minimum absolute atomic E-state index is 0.0604. The first kappa shape index (κ1) is 19.7. The number of hydrogen-bond donors (Lipinski definition) is 1. The van der Waals surface area contributed by atoms with E-state index in [9.17, 15) is 9.59 Å². The number of amidine groups is 1. The van der Waals surface area contributed by atoms with Gasteiger partial charge in [-0.2, -0.15) is 0 Å². The van der Waals surface area contributed by atoms with Crippen molar-refractivity contribution < 1.29 is 23.5 Å². The first-order chi connectivity index (χ1) is 14.2. The van der Waals surface area contributed by atoms with Crippen LogP contribution < -0.4 is 10.1 Å². The smallest absolute Gasteiger partial charge is 0.258 e. The molecular formula is C20H21N3O5S. The van der Waals surface area contributed by atoms with Crippen molar-refractivity contribution in [3.8, 4) is 5.88 Å². The lowest BCUT2D eigenvalue weighted by Gasteiger charge is -2.24. The maximum Gasteiger partial charge on any atom is 0.258 e. The molecule has 8 nitrogen and oxygen atoms in total. The number of amides is 1. The Balaban J connectivity index is 1.50. The molecule has 2 aromatic heterocycles. The molecule has 9 heteroatoms. The molecule has 0 aromatic carbocycles. The van der Waals surface area contributed by atoms with Gasteiger partial charge in [-0.1, -0.05) is 11.8 Å². The van der Waals surface area contributed by atoms with E-state index in [0.29, 0.717) is 48.4 Å². The molecule has 2 atom stereocenters. The Morgan fingerprint density at radius 2 is 2.07 bits per heavy atom. The van der Waals surface area contributed by atoms with Gasteiger partial charge in [0, 0.05) is 31.4 Å². The number of hydrogen-bond acceptors (Lipinski definition) is 8. The zero-order chi connectivity index (χ0) is 20.2. The minimum atomic E-state index is -0.463. The van der Waals surface area contributed by atoms with Crippen LogP contribution in [0.2, 0.25) is 0 Å². The zero-order valence-electron chi connectivity index (χ0n) is 15.9. The monoisotopic (exact) mass is 415 g/mol. The average molecular weight is 415 g/mol. The lowest BCUT2D eigenvalue weighted by molar-refractivity contribution is -0.125. The Morgan fingerprint density at radius 1 is 1.24 bits per heavy atom. The number of nitrogens with one attached hydrogen (secondary N) is 1. The van der Waals surface area contributed by atoms with Crippen LogP contribution in [0.5, 0.6) is 5.88 Å². The first-order valence-corrected chi connectivity index (χ1v) is 10.2. The summed E-state index contributed by atoms with van der Waals surface area (Å²) in [6, 6.07) is 6.34. The van der Waals surface area contributed by atoms with E-state index in [1.165, 1.54) is 25.1 Å². The number of nitrogens with zero attached hydrogens (tertiary/aromatic N) is 2. The highest BCUT2D eigenvalue weighted by Crippen LogP contribution is 2.40. The molecule has 0 aliphatic carbocycles. The second-order valence-electron chi connectivity index (χ2n) is 6.77. The van der Waals surface area contributed by atoms with E-state index in [1.54, 1.807) is 30.5 Å². The van der Waals surface area contributed by atoms with E-state index in [1.807, 2.05) is 0 Å². The second-order valence-corrected chi connectivity index (χ2v) is 7.90. The maximum atomic E-state index is 13.1. The summed E-state index contributed by atoms with van der Waals surface area (Å²) in [6.07, 6.45) is 4.41. The molecule has 2 aromatic rings. The van der Waals surface area contributed by atoms with Gasteiger partial charge in [0.2, 0.25) is 5.88 Å². The molecule has 2 unspecified atom stereocenters. The fourth-order valence-electron chi connectivity index (χ4n) is 3.38. The van der Waals surface area contributed by atoms with Crippen LogP contribution in [-0.4, -0.2) is 47.4 Å². The lowest BCUT2D eigenvalue weighted by atomic mass is 9.90. The fourth-order valence-corrected chi connectivity index (χ4v) is 4.58. The van der Waals surface area contributed by atoms with Crippen molar-refractivity contribution in [3.05, 3.63) is 48.0 Å². The molecule has 1 amide bonds. The van der Waals surface area contributed by atoms with Crippen LogP contribution in [0.1, 0.15) is 35.0 Å². The summed E-state index contributed by atoms with van der Waals surface area (Å²) >= 11 is 1.27. The summed E-state index contributed by atoms with van der Waals surface area (Å²) in [6.45, 7) is 1.18. The van der Waals surface area contributed by atoms with Gasteiger partial charge in [-0.15, -0.1) is 0 Å². The topological polar surface area (TPSA) is 103 Å². The van der Waals surface area contributed by atoms with Gasteiger partial charge in [0.05, 0.1) is 18.9 Å². The molecule has 0 saturated carbocycles. The molecule has 152 valence electrons.